The van der Waals surface area contributed by atoms with Gasteiger partial charge >= 0.3 is 12.4 Å². The first kappa shape index (κ1) is 40.6. The maximum Gasteiger partial charge on any atom is 0.435 e. The zero-order valence-electron chi connectivity index (χ0n) is 28.8. The summed E-state index contributed by atoms with van der Waals surface area (Å²) in [6.45, 7) is -0.842. The Morgan fingerprint density at radius 2 is 1.13 bits per heavy atom. The van der Waals surface area contributed by atoms with Crippen LogP contribution in [0.15, 0.2) is 46.5 Å². The van der Waals surface area contributed by atoms with E-state index in [9.17, 15) is 53.1 Å². The molecule has 2 aliphatic carbocycles. The number of aliphatic hydroxyl groups is 1. The summed E-state index contributed by atoms with van der Waals surface area (Å²) >= 11 is 0. The van der Waals surface area contributed by atoms with Gasteiger partial charge in [0.1, 0.15) is 11.6 Å². The van der Waals surface area contributed by atoms with Gasteiger partial charge in [0.25, 0.3) is 0 Å². The minimum Gasteiger partial charge on any atom is -0.391 e. The molecule has 0 spiro atoms. The van der Waals surface area contributed by atoms with Crippen molar-refractivity contribution in [2.45, 2.75) is 92.2 Å². The highest BCUT2D eigenvalue weighted by Crippen LogP contribution is 2.38. The Hall–Kier alpha value is -4.57. The minimum absolute atomic E-state index is 0.0214. The summed E-state index contributed by atoms with van der Waals surface area (Å²) in [6.07, 6.45) is 1.63. The van der Waals surface area contributed by atoms with Gasteiger partial charge in [0.15, 0.2) is 49.0 Å². The maximum atomic E-state index is 13.4. The van der Waals surface area contributed by atoms with Crippen LogP contribution in [0.5, 0.6) is 0 Å². The molecule has 0 unspecified atom stereocenters. The molecular formula is C32H36F6N8O6S2. The van der Waals surface area contributed by atoms with Gasteiger partial charge in [-0.2, -0.15) is 45.9 Å². The number of aromatic nitrogens is 6. The van der Waals surface area contributed by atoms with Crippen LogP contribution in [0, 0.1) is 0 Å². The second kappa shape index (κ2) is 15.7. The van der Waals surface area contributed by atoms with Crippen molar-refractivity contribution in [2.75, 3.05) is 23.1 Å². The first-order valence-electron chi connectivity index (χ1n) is 16.5. The Balaban J connectivity index is 0.000000208. The molecule has 294 valence electrons. The van der Waals surface area contributed by atoms with Gasteiger partial charge in [0.05, 0.1) is 27.5 Å². The standard InChI is InChI=1S/C16H19F3N4O3S.C16H17F3N4O3S/c2*1-27(25,26)11-6-7-13(20-8-11)23-15(21-10-4-2-3-5-10)12(9-24)14(22-23)16(17,18)19/h6-8,10,21,24H,2-5,9H2,1H3;6-10,21H,2-5H2,1H3. The molecule has 0 radical (unpaired) electrons. The predicted octanol–water partition coefficient (Wildman–Crippen LogP) is 5.39. The first-order valence-corrected chi connectivity index (χ1v) is 20.3. The number of hydrogen-bond donors (Lipinski definition) is 3. The lowest BCUT2D eigenvalue weighted by Gasteiger charge is -2.16. The van der Waals surface area contributed by atoms with Crippen molar-refractivity contribution in [1.82, 2.24) is 29.5 Å². The second-order valence-corrected chi connectivity index (χ2v) is 16.9. The molecule has 54 heavy (non-hydrogen) atoms. The van der Waals surface area contributed by atoms with E-state index in [1.54, 1.807) is 0 Å². The molecule has 0 atom stereocenters. The highest BCUT2D eigenvalue weighted by molar-refractivity contribution is 7.91. The molecule has 0 aromatic carbocycles. The molecular weight excluding hydrogens is 771 g/mol. The highest BCUT2D eigenvalue weighted by Gasteiger charge is 2.41. The number of carbonyl (C=O) groups is 1. The zero-order valence-corrected chi connectivity index (χ0v) is 30.4. The zero-order chi connectivity index (χ0) is 39.6. The van der Waals surface area contributed by atoms with Crippen molar-refractivity contribution in [1.29, 1.82) is 0 Å². The maximum absolute atomic E-state index is 13.4. The SMILES string of the molecule is CS(=O)(=O)c1ccc(-n2nc(C(F)(F)F)c(C=O)c2NC2CCCC2)nc1.CS(=O)(=O)c1ccc(-n2nc(C(F)(F)F)c(CO)c2NC2CCCC2)nc1. The van der Waals surface area contributed by atoms with Crippen LogP contribution in [-0.4, -0.2) is 82.4 Å². The third kappa shape index (κ3) is 9.20. The number of halogens is 6. The molecule has 6 rings (SSSR count). The quantitative estimate of drug-likeness (QED) is 0.137. The highest BCUT2D eigenvalue weighted by atomic mass is 32.2. The lowest BCUT2D eigenvalue weighted by molar-refractivity contribution is -0.142. The number of aldehydes is 1. The third-order valence-corrected chi connectivity index (χ3v) is 11.0. The van der Waals surface area contributed by atoms with Crippen LogP contribution in [-0.2, 0) is 38.6 Å². The van der Waals surface area contributed by atoms with Gasteiger partial charge in [0, 0.05) is 37.0 Å². The molecule has 4 aromatic heterocycles. The number of pyridine rings is 2. The van der Waals surface area contributed by atoms with Crippen molar-refractivity contribution < 1.29 is 53.1 Å². The Kier molecular flexibility index (Phi) is 11.8. The number of sulfone groups is 2. The van der Waals surface area contributed by atoms with E-state index in [1.807, 2.05) is 0 Å². The molecule has 0 saturated heterocycles. The summed E-state index contributed by atoms with van der Waals surface area (Å²) in [5, 5.41) is 22.7. The molecule has 22 heteroatoms. The summed E-state index contributed by atoms with van der Waals surface area (Å²) in [5.41, 5.74) is -3.46. The fraction of sp³-hybridized carbons (Fsp3) is 0.469. The molecule has 14 nitrogen and oxygen atoms in total. The van der Waals surface area contributed by atoms with Gasteiger partial charge in [-0.05, 0) is 49.9 Å². The van der Waals surface area contributed by atoms with Gasteiger partial charge < -0.3 is 15.7 Å². The Labute approximate surface area is 305 Å². The van der Waals surface area contributed by atoms with E-state index in [1.165, 1.54) is 24.3 Å². The number of nitrogens with one attached hydrogen (secondary N) is 2. The van der Waals surface area contributed by atoms with E-state index in [0.29, 0.717) is 0 Å². The van der Waals surface area contributed by atoms with E-state index in [4.69, 9.17) is 0 Å². The molecule has 0 aliphatic heterocycles. The summed E-state index contributed by atoms with van der Waals surface area (Å²) in [7, 11) is -6.99. The molecule has 2 saturated carbocycles. The molecule has 2 aliphatic rings. The van der Waals surface area contributed by atoms with Crippen molar-refractivity contribution in [3.8, 4) is 11.6 Å². The van der Waals surface area contributed by atoms with Crippen LogP contribution in [0.2, 0.25) is 0 Å². The molecule has 4 aromatic rings. The van der Waals surface area contributed by atoms with Crippen LogP contribution >= 0.6 is 0 Å². The lowest BCUT2D eigenvalue weighted by atomic mass is 10.2. The van der Waals surface area contributed by atoms with Gasteiger partial charge in [-0.25, -0.2) is 26.8 Å². The summed E-state index contributed by atoms with van der Waals surface area (Å²) in [4.78, 5) is 19.2. The van der Waals surface area contributed by atoms with Crippen LogP contribution in [0.1, 0.15) is 78.7 Å². The van der Waals surface area contributed by atoms with Gasteiger partial charge in [-0.1, -0.05) is 25.7 Å². The molecule has 0 amide bonds. The number of rotatable bonds is 10. The number of hydrogen-bond acceptors (Lipinski definition) is 12. The second-order valence-electron chi connectivity index (χ2n) is 12.9. The number of aliphatic hydroxyl groups excluding tert-OH is 1. The van der Waals surface area contributed by atoms with Gasteiger partial charge in [-0.15, -0.1) is 0 Å². The topological polar surface area (TPSA) is 191 Å². The van der Waals surface area contributed by atoms with Crippen molar-refractivity contribution >= 4 is 37.6 Å². The smallest absolute Gasteiger partial charge is 0.391 e. The molecule has 0 bridgehead atoms. The number of alkyl halides is 6. The molecule has 2 fully saturated rings. The number of nitrogens with zero attached hydrogens (tertiary/aromatic N) is 6. The van der Waals surface area contributed by atoms with Crippen molar-refractivity contribution in [3.05, 3.63) is 59.2 Å². The van der Waals surface area contributed by atoms with E-state index in [-0.39, 0.29) is 57.0 Å². The van der Waals surface area contributed by atoms with Crippen LogP contribution in [0.25, 0.3) is 11.6 Å². The lowest BCUT2D eigenvalue weighted by Crippen LogP contribution is -2.19. The van der Waals surface area contributed by atoms with Crippen LogP contribution < -0.4 is 10.6 Å². The molecule has 4 heterocycles. The Morgan fingerprint density at radius 1 is 0.722 bits per heavy atom. The minimum atomic E-state index is -4.82. The third-order valence-electron chi connectivity index (χ3n) is 8.84. The van der Waals surface area contributed by atoms with E-state index < -0.39 is 55.6 Å². The van der Waals surface area contributed by atoms with Gasteiger partial charge in [0.2, 0.25) is 0 Å². The predicted molar refractivity (Wildman–Crippen MR) is 182 cm³/mol. The van der Waals surface area contributed by atoms with E-state index in [2.05, 4.69) is 30.8 Å². The largest absolute Gasteiger partial charge is 0.435 e. The van der Waals surface area contributed by atoms with Gasteiger partial charge in [-0.3, -0.25) is 4.79 Å². The summed E-state index contributed by atoms with van der Waals surface area (Å²) in [5.74, 6) is -0.0743. The first-order chi connectivity index (χ1) is 25.2. The number of carbonyl (C=O) groups excluding carboxylic acids is 1. The molecule has 3 N–H and O–H groups in total. The fourth-order valence-corrected chi connectivity index (χ4v) is 7.28. The summed E-state index contributed by atoms with van der Waals surface area (Å²) in [6, 6.07) is 4.91. The van der Waals surface area contributed by atoms with E-state index >= 15 is 0 Å². The number of anilines is 2. The van der Waals surface area contributed by atoms with E-state index in [0.717, 1.165) is 85.6 Å². The summed E-state index contributed by atoms with van der Waals surface area (Å²) < 4.78 is 128. The Bertz CT molecular complexity index is 2180. The average Bonchev–Trinajstić information content (AvgIpc) is 3.91. The van der Waals surface area contributed by atoms with Crippen LogP contribution in [0.3, 0.4) is 0 Å². The average molecular weight is 807 g/mol. The van der Waals surface area contributed by atoms with Crippen LogP contribution in [0.4, 0.5) is 38.0 Å². The van der Waals surface area contributed by atoms with Crippen molar-refractivity contribution in [3.63, 3.8) is 0 Å². The monoisotopic (exact) mass is 806 g/mol. The Morgan fingerprint density at radius 3 is 1.48 bits per heavy atom. The van der Waals surface area contributed by atoms with Crippen molar-refractivity contribution in [2.24, 2.45) is 0 Å². The normalized spacial score (nSPS) is 15.9. The fourth-order valence-electron chi connectivity index (χ4n) is 6.16.